The van der Waals surface area contributed by atoms with Gasteiger partial charge in [0.05, 0.1) is 0 Å². The average molecular weight is 245 g/mol. The molecular formula is C13H19N5. The Morgan fingerprint density at radius 3 is 2.44 bits per heavy atom. The summed E-state index contributed by atoms with van der Waals surface area (Å²) in [5.41, 5.74) is 7.73. The monoisotopic (exact) mass is 245 g/mol. The van der Waals surface area contributed by atoms with Gasteiger partial charge in [-0.2, -0.15) is 5.10 Å². The highest BCUT2D eigenvalue weighted by Crippen LogP contribution is 2.19. The van der Waals surface area contributed by atoms with Gasteiger partial charge in [0.2, 0.25) is 0 Å². The second-order valence-electron chi connectivity index (χ2n) is 4.46. The first kappa shape index (κ1) is 12.6. The fourth-order valence-corrected chi connectivity index (χ4v) is 1.79. The zero-order chi connectivity index (χ0) is 13.1. The van der Waals surface area contributed by atoms with Crippen LogP contribution in [0.5, 0.6) is 0 Å². The standard InChI is InChI=1S/C13H19N5/c1-17(2)11-6-4-10(5-7-11)13-15-12(8-9-14)18(3)16-13/h4-7H,8-9,14H2,1-3H3. The molecule has 96 valence electrons. The van der Waals surface area contributed by atoms with Crippen LogP contribution in [0.1, 0.15) is 5.82 Å². The molecule has 0 aliphatic rings. The zero-order valence-corrected chi connectivity index (χ0v) is 11.1. The molecule has 1 aromatic carbocycles. The van der Waals surface area contributed by atoms with Crippen LogP contribution >= 0.6 is 0 Å². The summed E-state index contributed by atoms with van der Waals surface area (Å²) in [4.78, 5) is 6.57. The van der Waals surface area contributed by atoms with Gasteiger partial charge >= 0.3 is 0 Å². The van der Waals surface area contributed by atoms with E-state index in [0.717, 1.165) is 29.3 Å². The van der Waals surface area contributed by atoms with E-state index < -0.39 is 0 Å². The molecule has 0 bridgehead atoms. The molecule has 2 rings (SSSR count). The van der Waals surface area contributed by atoms with Crippen LogP contribution in [-0.4, -0.2) is 35.4 Å². The number of hydrogen-bond donors (Lipinski definition) is 1. The predicted octanol–water partition coefficient (Wildman–Crippen LogP) is 1.05. The minimum Gasteiger partial charge on any atom is -0.378 e. The minimum atomic E-state index is 0.589. The Kier molecular flexibility index (Phi) is 3.62. The molecule has 0 saturated carbocycles. The van der Waals surface area contributed by atoms with E-state index in [9.17, 15) is 0 Å². The van der Waals surface area contributed by atoms with Crippen LogP contribution in [0.15, 0.2) is 24.3 Å². The van der Waals surface area contributed by atoms with Crippen molar-refractivity contribution in [2.75, 3.05) is 25.5 Å². The number of rotatable bonds is 4. The minimum absolute atomic E-state index is 0.589. The van der Waals surface area contributed by atoms with Crippen molar-refractivity contribution in [1.82, 2.24) is 14.8 Å². The van der Waals surface area contributed by atoms with E-state index in [0.29, 0.717) is 6.54 Å². The van der Waals surface area contributed by atoms with Gasteiger partial charge in [0.1, 0.15) is 5.82 Å². The third kappa shape index (κ3) is 2.51. The number of benzene rings is 1. The molecule has 1 aromatic heterocycles. The van der Waals surface area contributed by atoms with Crippen molar-refractivity contribution in [3.8, 4) is 11.4 Å². The largest absolute Gasteiger partial charge is 0.378 e. The summed E-state index contributed by atoms with van der Waals surface area (Å²) in [6.45, 7) is 0.589. The Bertz CT molecular complexity index is 513. The summed E-state index contributed by atoms with van der Waals surface area (Å²) >= 11 is 0. The van der Waals surface area contributed by atoms with E-state index in [1.165, 1.54) is 0 Å². The van der Waals surface area contributed by atoms with Crippen LogP contribution in [-0.2, 0) is 13.5 Å². The van der Waals surface area contributed by atoms with Crippen LogP contribution in [0.4, 0.5) is 5.69 Å². The van der Waals surface area contributed by atoms with Gasteiger partial charge in [-0.25, -0.2) is 4.98 Å². The summed E-state index contributed by atoms with van der Waals surface area (Å²) < 4.78 is 1.79. The normalized spacial score (nSPS) is 10.7. The summed E-state index contributed by atoms with van der Waals surface area (Å²) in [6, 6.07) is 8.20. The lowest BCUT2D eigenvalue weighted by atomic mass is 10.2. The molecule has 0 spiro atoms. The Morgan fingerprint density at radius 1 is 1.22 bits per heavy atom. The third-order valence-corrected chi connectivity index (χ3v) is 2.86. The van der Waals surface area contributed by atoms with Gasteiger partial charge in [0.25, 0.3) is 0 Å². The Morgan fingerprint density at radius 2 is 1.89 bits per heavy atom. The molecule has 5 nitrogen and oxygen atoms in total. The molecule has 0 fully saturated rings. The first-order chi connectivity index (χ1) is 8.61. The van der Waals surface area contributed by atoms with Gasteiger partial charge in [-0.1, -0.05) is 0 Å². The lowest BCUT2D eigenvalue weighted by molar-refractivity contribution is 0.697. The molecule has 0 amide bonds. The molecule has 0 atom stereocenters. The molecule has 2 N–H and O–H groups in total. The van der Waals surface area contributed by atoms with Crippen LogP contribution in [0.2, 0.25) is 0 Å². The van der Waals surface area contributed by atoms with Gasteiger partial charge < -0.3 is 10.6 Å². The van der Waals surface area contributed by atoms with E-state index in [4.69, 9.17) is 5.73 Å². The van der Waals surface area contributed by atoms with Crippen LogP contribution < -0.4 is 10.6 Å². The van der Waals surface area contributed by atoms with Gasteiger partial charge in [-0.3, -0.25) is 4.68 Å². The van der Waals surface area contributed by atoms with E-state index in [1.54, 1.807) is 4.68 Å². The maximum atomic E-state index is 5.54. The number of nitrogens with zero attached hydrogens (tertiary/aromatic N) is 4. The van der Waals surface area contributed by atoms with Gasteiger partial charge in [0.15, 0.2) is 5.82 Å². The number of hydrogen-bond acceptors (Lipinski definition) is 4. The highest BCUT2D eigenvalue weighted by Gasteiger charge is 2.08. The topological polar surface area (TPSA) is 60.0 Å². The highest BCUT2D eigenvalue weighted by molar-refractivity contribution is 5.59. The number of aryl methyl sites for hydroxylation is 1. The van der Waals surface area contributed by atoms with Crippen LogP contribution in [0.3, 0.4) is 0 Å². The summed E-state index contributed by atoms with van der Waals surface area (Å²) in [5, 5.41) is 4.41. The Hall–Kier alpha value is -1.88. The number of nitrogens with two attached hydrogens (primary N) is 1. The molecule has 5 heteroatoms. The fraction of sp³-hybridized carbons (Fsp3) is 0.385. The molecule has 0 saturated heterocycles. The zero-order valence-electron chi connectivity index (χ0n) is 11.1. The van der Waals surface area contributed by atoms with Crippen molar-refractivity contribution in [1.29, 1.82) is 0 Å². The van der Waals surface area contributed by atoms with E-state index >= 15 is 0 Å². The summed E-state index contributed by atoms with van der Waals surface area (Å²) in [5.74, 6) is 1.68. The van der Waals surface area contributed by atoms with Gasteiger partial charge in [0, 0.05) is 38.8 Å². The van der Waals surface area contributed by atoms with E-state index in [1.807, 2.05) is 33.3 Å². The molecule has 0 aliphatic carbocycles. The molecule has 2 aromatic rings. The Balaban J connectivity index is 2.28. The maximum Gasteiger partial charge on any atom is 0.181 e. The van der Waals surface area contributed by atoms with Crippen LogP contribution in [0.25, 0.3) is 11.4 Å². The molecule has 0 aliphatic heterocycles. The Labute approximate surface area is 107 Å². The molecular weight excluding hydrogens is 226 g/mol. The molecule has 0 radical (unpaired) electrons. The second-order valence-corrected chi connectivity index (χ2v) is 4.46. The lowest BCUT2D eigenvalue weighted by Gasteiger charge is -2.11. The number of anilines is 1. The first-order valence-corrected chi connectivity index (χ1v) is 5.99. The lowest BCUT2D eigenvalue weighted by Crippen LogP contribution is -2.08. The second kappa shape index (κ2) is 5.18. The highest BCUT2D eigenvalue weighted by atomic mass is 15.3. The average Bonchev–Trinajstić information content (AvgIpc) is 2.72. The van der Waals surface area contributed by atoms with E-state index in [2.05, 4.69) is 27.1 Å². The SMILES string of the molecule is CN(C)c1ccc(-c2nc(CCN)n(C)n2)cc1. The molecule has 0 unspecified atom stereocenters. The molecule has 18 heavy (non-hydrogen) atoms. The van der Waals surface area contributed by atoms with Gasteiger partial charge in [-0.05, 0) is 30.8 Å². The molecule has 1 heterocycles. The predicted molar refractivity (Wildman–Crippen MR) is 73.5 cm³/mol. The number of aromatic nitrogens is 3. The third-order valence-electron chi connectivity index (χ3n) is 2.86. The van der Waals surface area contributed by atoms with E-state index in [-0.39, 0.29) is 0 Å². The quantitative estimate of drug-likeness (QED) is 0.874. The first-order valence-electron chi connectivity index (χ1n) is 5.99. The smallest absolute Gasteiger partial charge is 0.181 e. The summed E-state index contributed by atoms with van der Waals surface area (Å²) in [6.07, 6.45) is 0.749. The van der Waals surface area contributed by atoms with Crippen molar-refractivity contribution in [3.05, 3.63) is 30.1 Å². The van der Waals surface area contributed by atoms with Crippen molar-refractivity contribution in [2.45, 2.75) is 6.42 Å². The van der Waals surface area contributed by atoms with Crippen molar-refractivity contribution < 1.29 is 0 Å². The van der Waals surface area contributed by atoms with Crippen molar-refractivity contribution in [3.63, 3.8) is 0 Å². The van der Waals surface area contributed by atoms with Crippen molar-refractivity contribution in [2.24, 2.45) is 12.8 Å². The van der Waals surface area contributed by atoms with Gasteiger partial charge in [-0.15, -0.1) is 0 Å². The van der Waals surface area contributed by atoms with Crippen molar-refractivity contribution >= 4 is 5.69 Å². The maximum absolute atomic E-state index is 5.54. The summed E-state index contributed by atoms with van der Waals surface area (Å²) in [7, 11) is 5.94. The fourth-order valence-electron chi connectivity index (χ4n) is 1.79. The van der Waals surface area contributed by atoms with Crippen LogP contribution in [0, 0.1) is 0 Å².